The molecule has 5 heteroatoms. The molecule has 1 aromatic carbocycles. The van der Waals surface area contributed by atoms with Crippen molar-refractivity contribution in [2.24, 2.45) is 5.73 Å². The molecule has 0 unspecified atom stereocenters. The topological polar surface area (TPSA) is 82.7 Å². The van der Waals surface area contributed by atoms with Crippen molar-refractivity contribution in [2.45, 2.75) is 0 Å². The zero-order chi connectivity index (χ0) is 12.4. The molecule has 0 saturated heterocycles. The van der Waals surface area contributed by atoms with Crippen molar-refractivity contribution in [1.29, 1.82) is 5.26 Å². The number of carbonyl (C=O) groups is 1. The van der Waals surface area contributed by atoms with Gasteiger partial charge in [0.25, 0.3) is 5.91 Å². The van der Waals surface area contributed by atoms with Crippen LogP contribution >= 0.6 is 15.9 Å². The van der Waals surface area contributed by atoms with Gasteiger partial charge in [-0.3, -0.25) is 4.79 Å². The molecule has 0 spiro atoms. The summed E-state index contributed by atoms with van der Waals surface area (Å²) in [6.07, 6.45) is 3.21. The zero-order valence-corrected chi connectivity index (χ0v) is 10.3. The summed E-state index contributed by atoms with van der Waals surface area (Å²) in [5.74, 6) is -0.725. The number of halogens is 1. The summed E-state index contributed by atoms with van der Waals surface area (Å²) in [6.45, 7) is 0. The molecule has 2 rings (SSSR count). The fourth-order valence-corrected chi connectivity index (χ4v) is 1.91. The third-order valence-corrected chi connectivity index (χ3v) is 2.85. The monoisotopic (exact) mass is 289 g/mol. The van der Waals surface area contributed by atoms with E-state index in [1.807, 2.05) is 18.2 Å². The van der Waals surface area contributed by atoms with E-state index in [1.165, 1.54) is 6.08 Å². The van der Waals surface area contributed by atoms with Crippen molar-refractivity contribution in [3.05, 3.63) is 40.0 Å². The van der Waals surface area contributed by atoms with E-state index in [0.29, 0.717) is 0 Å². The minimum absolute atomic E-state index is 0.0640. The Balaban J connectivity index is 2.61. The first-order chi connectivity index (χ1) is 8.11. The number of hydrogen-bond donors (Lipinski definition) is 2. The van der Waals surface area contributed by atoms with Crippen LogP contribution < -0.4 is 5.73 Å². The number of primary amides is 1. The van der Waals surface area contributed by atoms with Gasteiger partial charge in [-0.15, -0.1) is 0 Å². The van der Waals surface area contributed by atoms with Crippen molar-refractivity contribution < 1.29 is 4.79 Å². The van der Waals surface area contributed by atoms with E-state index < -0.39 is 5.91 Å². The molecule has 0 aliphatic heterocycles. The summed E-state index contributed by atoms with van der Waals surface area (Å²) in [7, 11) is 0. The number of carbonyl (C=O) groups excluding carboxylic acids is 1. The van der Waals surface area contributed by atoms with Crippen LogP contribution in [0.25, 0.3) is 17.0 Å². The van der Waals surface area contributed by atoms with Gasteiger partial charge < -0.3 is 10.7 Å². The number of aromatic nitrogens is 1. The summed E-state index contributed by atoms with van der Waals surface area (Å²) in [5.41, 5.74) is 6.72. The molecule has 1 heterocycles. The van der Waals surface area contributed by atoms with Crippen molar-refractivity contribution in [3.8, 4) is 6.07 Å². The Hall–Kier alpha value is -2.06. The molecule has 0 fully saturated rings. The zero-order valence-electron chi connectivity index (χ0n) is 8.70. The second kappa shape index (κ2) is 4.44. The number of H-pyrrole nitrogens is 1. The van der Waals surface area contributed by atoms with Crippen molar-refractivity contribution in [3.63, 3.8) is 0 Å². The van der Waals surface area contributed by atoms with E-state index in [1.54, 1.807) is 12.3 Å². The second-order valence-corrected chi connectivity index (χ2v) is 4.38. The van der Waals surface area contributed by atoms with Crippen LogP contribution in [0.1, 0.15) is 5.56 Å². The molecule has 0 atom stereocenters. The van der Waals surface area contributed by atoms with E-state index in [2.05, 4.69) is 20.9 Å². The van der Waals surface area contributed by atoms with Gasteiger partial charge in [0.2, 0.25) is 0 Å². The lowest BCUT2D eigenvalue weighted by Crippen LogP contribution is -2.12. The Bertz CT molecular complexity index is 664. The van der Waals surface area contributed by atoms with Crippen LogP contribution in [0.2, 0.25) is 0 Å². The van der Waals surface area contributed by atoms with Crippen molar-refractivity contribution >= 4 is 38.8 Å². The SMILES string of the molecule is N#C/C(=C\c1c[nH]c2ccc(Br)cc12)C(N)=O. The average Bonchev–Trinajstić information content (AvgIpc) is 2.68. The first kappa shape index (κ1) is 11.4. The summed E-state index contributed by atoms with van der Waals surface area (Å²) >= 11 is 3.37. The van der Waals surface area contributed by atoms with Gasteiger partial charge in [-0.2, -0.15) is 5.26 Å². The number of hydrogen-bond acceptors (Lipinski definition) is 2. The second-order valence-electron chi connectivity index (χ2n) is 3.47. The van der Waals surface area contributed by atoms with Crippen LogP contribution in [0.15, 0.2) is 34.4 Å². The van der Waals surface area contributed by atoms with E-state index in [4.69, 9.17) is 11.0 Å². The molecule has 4 nitrogen and oxygen atoms in total. The molecule has 0 aliphatic rings. The van der Waals surface area contributed by atoms with E-state index in [-0.39, 0.29) is 5.57 Å². The number of fused-ring (bicyclic) bond motifs is 1. The van der Waals surface area contributed by atoms with Gasteiger partial charge in [-0.25, -0.2) is 0 Å². The first-order valence-electron chi connectivity index (χ1n) is 4.80. The number of rotatable bonds is 2. The number of nitriles is 1. The van der Waals surface area contributed by atoms with E-state index in [9.17, 15) is 4.79 Å². The fourth-order valence-electron chi connectivity index (χ4n) is 1.55. The highest BCUT2D eigenvalue weighted by Crippen LogP contribution is 2.24. The predicted octanol–water partition coefficient (Wildman–Crippen LogP) is 2.32. The number of nitrogens with one attached hydrogen (secondary N) is 1. The Morgan fingerprint density at radius 2 is 2.29 bits per heavy atom. The smallest absolute Gasteiger partial charge is 0.259 e. The molecule has 1 aromatic heterocycles. The number of nitrogens with zero attached hydrogens (tertiary/aromatic N) is 1. The lowest BCUT2D eigenvalue weighted by molar-refractivity contribution is -0.114. The van der Waals surface area contributed by atoms with Crippen LogP contribution in [0.3, 0.4) is 0 Å². The molecular weight excluding hydrogens is 282 g/mol. The van der Waals surface area contributed by atoms with Gasteiger partial charge in [0.1, 0.15) is 11.6 Å². The number of nitrogens with two attached hydrogens (primary N) is 1. The minimum Gasteiger partial charge on any atom is -0.365 e. The highest BCUT2D eigenvalue weighted by Gasteiger charge is 2.07. The largest absolute Gasteiger partial charge is 0.365 e. The highest BCUT2D eigenvalue weighted by atomic mass is 79.9. The Labute approximate surface area is 106 Å². The maximum absolute atomic E-state index is 11.0. The molecule has 0 bridgehead atoms. The first-order valence-corrected chi connectivity index (χ1v) is 5.59. The van der Waals surface area contributed by atoms with Gasteiger partial charge in [0.05, 0.1) is 0 Å². The molecule has 2 aromatic rings. The average molecular weight is 290 g/mol. The Morgan fingerprint density at radius 1 is 1.53 bits per heavy atom. The molecule has 0 aliphatic carbocycles. The van der Waals surface area contributed by atoms with Crippen LogP contribution in [-0.4, -0.2) is 10.9 Å². The Kier molecular flexibility index (Phi) is 2.98. The van der Waals surface area contributed by atoms with Crippen molar-refractivity contribution in [2.75, 3.05) is 0 Å². The van der Waals surface area contributed by atoms with Crippen LogP contribution in [-0.2, 0) is 4.79 Å². The lowest BCUT2D eigenvalue weighted by Gasteiger charge is -1.94. The van der Waals surface area contributed by atoms with Gasteiger partial charge in [0.15, 0.2) is 0 Å². The standard InChI is InChI=1S/C12H8BrN3O/c13-9-1-2-11-10(4-9)8(6-16-11)3-7(5-14)12(15)17/h1-4,6,16H,(H2,15,17)/b7-3+. The van der Waals surface area contributed by atoms with Crippen LogP contribution in [0.4, 0.5) is 0 Å². The quantitative estimate of drug-likeness (QED) is 0.657. The maximum Gasteiger partial charge on any atom is 0.259 e. The molecule has 1 amide bonds. The van der Waals surface area contributed by atoms with Gasteiger partial charge >= 0.3 is 0 Å². The summed E-state index contributed by atoms with van der Waals surface area (Å²) < 4.78 is 0.928. The number of benzene rings is 1. The maximum atomic E-state index is 11.0. The molecule has 84 valence electrons. The highest BCUT2D eigenvalue weighted by molar-refractivity contribution is 9.10. The van der Waals surface area contributed by atoms with E-state index >= 15 is 0 Å². The summed E-state index contributed by atoms with van der Waals surface area (Å²) in [5, 5.41) is 9.71. The lowest BCUT2D eigenvalue weighted by atomic mass is 10.1. The number of aromatic amines is 1. The molecular formula is C12H8BrN3O. The third kappa shape index (κ3) is 2.22. The van der Waals surface area contributed by atoms with E-state index in [0.717, 1.165) is 20.9 Å². The van der Waals surface area contributed by atoms with Crippen LogP contribution in [0, 0.1) is 11.3 Å². The van der Waals surface area contributed by atoms with Gasteiger partial charge in [-0.1, -0.05) is 15.9 Å². The van der Waals surface area contributed by atoms with Crippen LogP contribution in [0.5, 0.6) is 0 Å². The normalized spacial score (nSPS) is 11.4. The predicted molar refractivity (Wildman–Crippen MR) is 68.8 cm³/mol. The summed E-state index contributed by atoms with van der Waals surface area (Å²) in [4.78, 5) is 14.0. The molecule has 3 N–H and O–H groups in total. The Morgan fingerprint density at radius 3 is 2.94 bits per heavy atom. The fraction of sp³-hybridized carbons (Fsp3) is 0. The number of amides is 1. The third-order valence-electron chi connectivity index (χ3n) is 2.36. The van der Waals surface area contributed by atoms with Gasteiger partial charge in [0, 0.05) is 27.1 Å². The molecule has 17 heavy (non-hydrogen) atoms. The van der Waals surface area contributed by atoms with Gasteiger partial charge in [-0.05, 0) is 24.3 Å². The molecule has 0 radical (unpaired) electrons. The minimum atomic E-state index is -0.725. The van der Waals surface area contributed by atoms with Crippen molar-refractivity contribution in [1.82, 2.24) is 4.98 Å². The molecule has 0 saturated carbocycles. The summed E-state index contributed by atoms with van der Waals surface area (Å²) in [6, 6.07) is 7.51.